The van der Waals surface area contributed by atoms with E-state index in [0.29, 0.717) is 12.8 Å². The van der Waals surface area contributed by atoms with Crippen molar-refractivity contribution in [3.8, 4) is 0 Å². The van der Waals surface area contributed by atoms with E-state index in [-0.39, 0.29) is 21.9 Å². The molecule has 2 saturated carbocycles. The normalized spacial score (nSPS) is 32.7. The van der Waals surface area contributed by atoms with Crippen molar-refractivity contribution in [1.29, 1.82) is 0 Å². The molecule has 2 heterocycles. The Morgan fingerprint density at radius 2 is 0.921 bits per heavy atom. The average Bonchev–Trinajstić information content (AvgIpc) is 2.90. The Balaban J connectivity index is 1.49. The SMILES string of the molecule is Cc1ccc(S(=O)(=O)N2C3CCCCC3N(S(=O)(=O)c3ccc(C)cc3)C3NC4CCCCC4NC32)cc1. The third-order valence-corrected chi connectivity index (χ3v) is 12.8. The van der Waals surface area contributed by atoms with Gasteiger partial charge in [-0.3, -0.25) is 10.6 Å². The van der Waals surface area contributed by atoms with Gasteiger partial charge >= 0.3 is 0 Å². The first-order valence-corrected chi connectivity index (χ1v) is 16.8. The second kappa shape index (κ2) is 9.98. The van der Waals surface area contributed by atoms with E-state index in [0.717, 1.165) is 49.7 Å². The van der Waals surface area contributed by atoms with Gasteiger partial charge in [-0.2, -0.15) is 8.61 Å². The molecule has 10 heteroatoms. The minimum Gasteiger partial charge on any atom is -0.294 e. The number of nitrogens with zero attached hydrogens (tertiary/aromatic N) is 2. The van der Waals surface area contributed by atoms with Gasteiger partial charge in [0.25, 0.3) is 0 Å². The van der Waals surface area contributed by atoms with Gasteiger partial charge in [0.2, 0.25) is 20.0 Å². The van der Waals surface area contributed by atoms with Crippen LogP contribution in [0.25, 0.3) is 0 Å². The van der Waals surface area contributed by atoms with Gasteiger partial charge in [-0.15, -0.1) is 0 Å². The van der Waals surface area contributed by atoms with E-state index in [4.69, 9.17) is 0 Å². The zero-order chi connectivity index (χ0) is 26.7. The van der Waals surface area contributed by atoms with Crippen LogP contribution in [-0.4, -0.2) is 61.9 Å². The zero-order valence-electron chi connectivity index (χ0n) is 22.1. The molecule has 0 aromatic heterocycles. The lowest BCUT2D eigenvalue weighted by Crippen LogP contribution is -2.82. The lowest BCUT2D eigenvalue weighted by molar-refractivity contribution is -0.0500. The number of rotatable bonds is 4. The van der Waals surface area contributed by atoms with Gasteiger partial charge in [0, 0.05) is 24.2 Å². The summed E-state index contributed by atoms with van der Waals surface area (Å²) in [4.78, 5) is 0.516. The van der Waals surface area contributed by atoms with E-state index in [2.05, 4.69) is 10.6 Å². The zero-order valence-corrected chi connectivity index (χ0v) is 23.7. The van der Waals surface area contributed by atoms with Crippen LogP contribution < -0.4 is 10.6 Å². The van der Waals surface area contributed by atoms with E-state index >= 15 is 0 Å². The standard InChI is InChI=1S/C28H38N4O4S2/c1-19-11-15-21(16-12-19)37(33,34)31-25-9-5-6-10-26(25)32(38(35,36)22-17-13-20(2)14-18-22)28-27(31)29-23-7-3-4-8-24(23)30-28/h11-18,23-30H,3-10H2,1-2H3. The van der Waals surface area contributed by atoms with Gasteiger partial charge in [0.15, 0.2) is 0 Å². The van der Waals surface area contributed by atoms with Crippen LogP contribution in [0.4, 0.5) is 0 Å². The van der Waals surface area contributed by atoms with Crippen LogP contribution in [-0.2, 0) is 20.0 Å². The summed E-state index contributed by atoms with van der Waals surface area (Å²) in [7, 11) is -7.77. The fourth-order valence-electron chi connectivity index (χ4n) is 6.99. The van der Waals surface area contributed by atoms with Crippen molar-refractivity contribution in [1.82, 2.24) is 19.2 Å². The van der Waals surface area contributed by atoms with Gasteiger partial charge in [-0.1, -0.05) is 61.1 Å². The lowest BCUT2D eigenvalue weighted by Gasteiger charge is -2.60. The second-order valence-corrected chi connectivity index (χ2v) is 15.1. The minimum atomic E-state index is -3.89. The molecule has 6 unspecified atom stereocenters. The summed E-state index contributed by atoms with van der Waals surface area (Å²) in [6.07, 6.45) is 5.66. The molecule has 2 aromatic carbocycles. The van der Waals surface area contributed by atoms with Crippen molar-refractivity contribution in [3.05, 3.63) is 59.7 Å². The molecular weight excluding hydrogens is 520 g/mol. The van der Waals surface area contributed by atoms with Gasteiger partial charge in [-0.25, -0.2) is 16.8 Å². The van der Waals surface area contributed by atoms with Crippen molar-refractivity contribution >= 4 is 20.0 Å². The molecule has 0 radical (unpaired) electrons. The van der Waals surface area contributed by atoms with Gasteiger partial charge in [0.05, 0.1) is 9.79 Å². The molecule has 2 aliphatic heterocycles. The summed E-state index contributed by atoms with van der Waals surface area (Å²) in [5.41, 5.74) is 1.99. The van der Waals surface area contributed by atoms with Gasteiger partial charge in [0.1, 0.15) is 12.3 Å². The summed E-state index contributed by atoms with van der Waals surface area (Å²) >= 11 is 0. The Bertz CT molecular complexity index is 1270. The minimum absolute atomic E-state index is 0.102. The summed E-state index contributed by atoms with van der Waals surface area (Å²) in [5.74, 6) is 0. The molecule has 6 rings (SSSR count). The maximum atomic E-state index is 14.3. The van der Waals surface area contributed by atoms with Gasteiger partial charge < -0.3 is 0 Å². The van der Waals surface area contributed by atoms with Crippen LogP contribution in [0.3, 0.4) is 0 Å². The van der Waals surface area contributed by atoms with Crippen molar-refractivity contribution in [2.45, 2.75) is 112 Å². The molecule has 206 valence electrons. The summed E-state index contributed by atoms with van der Waals surface area (Å²) in [6, 6.07) is 13.3. The van der Waals surface area contributed by atoms with Crippen LogP contribution in [0, 0.1) is 13.8 Å². The summed E-state index contributed by atoms with van der Waals surface area (Å²) in [5, 5.41) is 7.34. The molecule has 8 nitrogen and oxygen atoms in total. The van der Waals surface area contributed by atoms with E-state index in [1.807, 2.05) is 38.1 Å². The molecule has 4 aliphatic rings. The Morgan fingerprint density at radius 3 is 1.29 bits per heavy atom. The topological polar surface area (TPSA) is 98.8 Å². The highest BCUT2D eigenvalue weighted by molar-refractivity contribution is 7.89. The first-order valence-electron chi connectivity index (χ1n) is 13.9. The monoisotopic (exact) mass is 558 g/mol. The molecule has 6 atom stereocenters. The molecule has 38 heavy (non-hydrogen) atoms. The van der Waals surface area contributed by atoms with Crippen molar-refractivity contribution < 1.29 is 16.8 Å². The largest absolute Gasteiger partial charge is 0.294 e. The molecule has 4 fully saturated rings. The predicted octanol–water partition coefficient (Wildman–Crippen LogP) is 3.47. The molecule has 0 amide bonds. The van der Waals surface area contributed by atoms with Crippen molar-refractivity contribution in [3.63, 3.8) is 0 Å². The molecule has 2 N–H and O–H groups in total. The van der Waals surface area contributed by atoms with Crippen LogP contribution in [0.2, 0.25) is 0 Å². The Morgan fingerprint density at radius 1 is 0.579 bits per heavy atom. The quantitative estimate of drug-likeness (QED) is 0.597. The third kappa shape index (κ3) is 4.43. The number of piperazine rings is 2. The fourth-order valence-corrected chi connectivity index (χ4v) is 10.6. The van der Waals surface area contributed by atoms with Crippen LogP contribution in [0.1, 0.15) is 62.5 Å². The number of sulfonamides is 2. The maximum absolute atomic E-state index is 14.3. The van der Waals surface area contributed by atoms with Gasteiger partial charge in [-0.05, 0) is 63.8 Å². The first kappa shape index (κ1) is 26.4. The maximum Gasteiger partial charge on any atom is 0.244 e. The highest BCUT2D eigenvalue weighted by Gasteiger charge is 2.59. The molecule has 0 bridgehead atoms. The highest BCUT2D eigenvalue weighted by Crippen LogP contribution is 2.42. The van der Waals surface area contributed by atoms with Crippen molar-refractivity contribution in [2.75, 3.05) is 0 Å². The Labute approximate surface area is 226 Å². The molecule has 2 aromatic rings. The summed E-state index contributed by atoms with van der Waals surface area (Å²) < 4.78 is 60.6. The predicted molar refractivity (Wildman–Crippen MR) is 146 cm³/mol. The first-order chi connectivity index (χ1) is 18.2. The lowest BCUT2D eigenvalue weighted by atomic mass is 9.84. The van der Waals surface area contributed by atoms with E-state index in [1.165, 1.54) is 0 Å². The van der Waals surface area contributed by atoms with E-state index in [1.54, 1.807) is 32.9 Å². The average molecular weight is 559 g/mol. The van der Waals surface area contributed by atoms with Crippen molar-refractivity contribution in [2.24, 2.45) is 0 Å². The fraction of sp³-hybridized carbons (Fsp3) is 0.571. The third-order valence-electron chi connectivity index (χ3n) is 8.92. The van der Waals surface area contributed by atoms with E-state index < -0.39 is 44.5 Å². The van der Waals surface area contributed by atoms with Crippen LogP contribution in [0.15, 0.2) is 58.3 Å². The molecule has 2 aliphatic carbocycles. The smallest absolute Gasteiger partial charge is 0.244 e. The molecule has 0 spiro atoms. The number of fused-ring (bicyclic) bond motifs is 3. The van der Waals surface area contributed by atoms with Crippen LogP contribution >= 0.6 is 0 Å². The number of aryl methyl sites for hydroxylation is 2. The number of hydrogen-bond acceptors (Lipinski definition) is 6. The second-order valence-electron chi connectivity index (χ2n) is 11.4. The number of hydrogen-bond donors (Lipinski definition) is 2. The molecular formula is C28H38N4O4S2. The Hall–Kier alpha value is -1.82. The highest BCUT2D eigenvalue weighted by atomic mass is 32.2. The molecule has 2 saturated heterocycles. The van der Waals surface area contributed by atoms with E-state index in [9.17, 15) is 16.8 Å². The summed E-state index contributed by atoms with van der Waals surface area (Å²) in [6.45, 7) is 3.88. The Kier molecular flexibility index (Phi) is 6.93. The number of nitrogens with one attached hydrogen (secondary N) is 2. The number of benzene rings is 2. The van der Waals surface area contributed by atoms with Crippen LogP contribution in [0.5, 0.6) is 0 Å².